The maximum Gasteiger partial charge on any atom is 0.257 e. The number of benzene rings is 1. The normalized spacial score (nSPS) is 11.1. The van der Waals surface area contributed by atoms with Gasteiger partial charge in [0.15, 0.2) is 0 Å². The highest BCUT2D eigenvalue weighted by atomic mass is 19.3. The van der Waals surface area contributed by atoms with Crippen LogP contribution < -0.4 is 5.32 Å². The summed E-state index contributed by atoms with van der Waals surface area (Å²) in [6.07, 6.45) is 0.165. The quantitative estimate of drug-likeness (QED) is 0.779. The largest absolute Gasteiger partial charge is 0.311 e. The Morgan fingerprint density at radius 3 is 2.68 bits per heavy atom. The minimum atomic E-state index is -2.36. The van der Waals surface area contributed by atoms with Crippen molar-refractivity contribution in [1.29, 1.82) is 0 Å². The van der Waals surface area contributed by atoms with Gasteiger partial charge in [-0.2, -0.15) is 5.10 Å². The van der Waals surface area contributed by atoms with Crippen LogP contribution in [0.25, 0.3) is 0 Å². The number of nitrogens with zero attached hydrogens (tertiary/aromatic N) is 2. The molecule has 1 aromatic heterocycles. The van der Waals surface area contributed by atoms with Gasteiger partial charge in [-0.3, -0.25) is 4.68 Å². The van der Waals surface area contributed by atoms with Gasteiger partial charge in [-0.1, -0.05) is 30.3 Å². The number of nitrogens with one attached hydrogen (secondary N) is 1. The van der Waals surface area contributed by atoms with Gasteiger partial charge in [-0.25, -0.2) is 8.78 Å². The molecule has 0 saturated heterocycles. The van der Waals surface area contributed by atoms with Crippen molar-refractivity contribution in [2.45, 2.75) is 25.9 Å². The van der Waals surface area contributed by atoms with Crippen LogP contribution in [0.15, 0.2) is 42.6 Å². The van der Waals surface area contributed by atoms with Crippen molar-refractivity contribution in [3.63, 3.8) is 0 Å². The van der Waals surface area contributed by atoms with Crippen LogP contribution in [0.1, 0.15) is 11.3 Å². The zero-order valence-electron chi connectivity index (χ0n) is 10.6. The molecule has 0 aliphatic rings. The van der Waals surface area contributed by atoms with E-state index in [1.807, 2.05) is 18.2 Å². The number of aromatic nitrogens is 2. The Kier molecular flexibility index (Phi) is 5.03. The Morgan fingerprint density at radius 2 is 1.95 bits per heavy atom. The second-order valence-corrected chi connectivity index (χ2v) is 4.33. The van der Waals surface area contributed by atoms with E-state index < -0.39 is 6.43 Å². The molecule has 5 heteroatoms. The molecule has 19 heavy (non-hydrogen) atoms. The molecule has 0 atom stereocenters. The van der Waals surface area contributed by atoms with E-state index in [4.69, 9.17) is 0 Å². The summed E-state index contributed by atoms with van der Waals surface area (Å²) in [6.45, 7) is 1.10. The van der Waals surface area contributed by atoms with Gasteiger partial charge in [0.25, 0.3) is 6.43 Å². The van der Waals surface area contributed by atoms with E-state index in [0.29, 0.717) is 6.54 Å². The minimum Gasteiger partial charge on any atom is -0.311 e. The van der Waals surface area contributed by atoms with E-state index in [-0.39, 0.29) is 6.54 Å². The predicted octanol–water partition coefficient (Wildman–Crippen LogP) is 2.48. The summed E-state index contributed by atoms with van der Waals surface area (Å²) in [5.74, 6) is 0. The molecular weight excluding hydrogens is 248 g/mol. The molecule has 0 unspecified atom stereocenters. The van der Waals surface area contributed by atoms with Gasteiger partial charge in [0.2, 0.25) is 0 Å². The summed E-state index contributed by atoms with van der Waals surface area (Å²) in [7, 11) is 0. The molecule has 3 nitrogen and oxygen atoms in total. The molecule has 0 spiro atoms. The lowest BCUT2D eigenvalue weighted by Crippen LogP contribution is -2.17. The third-order valence-corrected chi connectivity index (χ3v) is 2.76. The monoisotopic (exact) mass is 265 g/mol. The highest BCUT2D eigenvalue weighted by Gasteiger charge is 2.05. The predicted molar refractivity (Wildman–Crippen MR) is 70.1 cm³/mol. The molecule has 0 radical (unpaired) electrons. The summed E-state index contributed by atoms with van der Waals surface area (Å²) < 4.78 is 25.6. The lowest BCUT2D eigenvalue weighted by atomic mass is 10.1. The highest BCUT2D eigenvalue weighted by Crippen LogP contribution is 2.01. The van der Waals surface area contributed by atoms with Crippen LogP contribution >= 0.6 is 0 Å². The maximum atomic E-state index is 12.1. The number of alkyl halides is 2. The molecule has 0 aliphatic heterocycles. The van der Waals surface area contributed by atoms with Crippen molar-refractivity contribution in [2.24, 2.45) is 0 Å². The molecule has 2 aromatic rings. The van der Waals surface area contributed by atoms with Gasteiger partial charge >= 0.3 is 0 Å². The fourth-order valence-electron chi connectivity index (χ4n) is 1.83. The Bertz CT molecular complexity index is 482. The van der Waals surface area contributed by atoms with Gasteiger partial charge in [0, 0.05) is 12.7 Å². The fraction of sp³-hybridized carbons (Fsp3) is 0.357. The number of halogens is 2. The fourth-order valence-corrected chi connectivity index (χ4v) is 1.83. The average molecular weight is 265 g/mol. The number of hydrogen-bond acceptors (Lipinski definition) is 2. The summed E-state index contributed by atoms with van der Waals surface area (Å²) in [5.41, 5.74) is 2.06. The Labute approximate surface area is 111 Å². The van der Waals surface area contributed by atoms with Gasteiger partial charge < -0.3 is 5.32 Å². The molecule has 102 valence electrons. The van der Waals surface area contributed by atoms with Gasteiger partial charge in [0.1, 0.15) is 6.54 Å². The van der Waals surface area contributed by atoms with E-state index in [0.717, 1.165) is 18.7 Å². The third kappa shape index (κ3) is 4.79. The summed E-state index contributed by atoms with van der Waals surface area (Å²) in [6, 6.07) is 11.9. The van der Waals surface area contributed by atoms with E-state index in [9.17, 15) is 8.78 Å². The molecule has 0 fully saturated rings. The third-order valence-electron chi connectivity index (χ3n) is 2.76. The lowest BCUT2D eigenvalue weighted by Gasteiger charge is -2.03. The molecule has 0 aliphatic carbocycles. The summed E-state index contributed by atoms with van der Waals surface area (Å²) in [4.78, 5) is 0. The molecule has 2 rings (SSSR count). The van der Waals surface area contributed by atoms with Crippen LogP contribution in [0.2, 0.25) is 0 Å². The molecule has 1 N–H and O–H groups in total. The molecule has 0 bridgehead atoms. The van der Waals surface area contributed by atoms with Gasteiger partial charge in [0.05, 0.1) is 5.69 Å². The van der Waals surface area contributed by atoms with Crippen LogP contribution in [-0.4, -0.2) is 22.8 Å². The number of rotatable bonds is 7. The average Bonchev–Trinajstić information content (AvgIpc) is 2.83. The first-order valence-corrected chi connectivity index (χ1v) is 6.29. The van der Waals surface area contributed by atoms with Crippen molar-refractivity contribution in [3.05, 3.63) is 53.9 Å². The van der Waals surface area contributed by atoms with E-state index >= 15 is 0 Å². The molecule has 1 heterocycles. The van der Waals surface area contributed by atoms with Crippen molar-refractivity contribution in [2.75, 3.05) is 6.54 Å². The van der Waals surface area contributed by atoms with Crippen LogP contribution in [0.4, 0.5) is 8.78 Å². The van der Waals surface area contributed by atoms with Crippen molar-refractivity contribution >= 4 is 0 Å². The van der Waals surface area contributed by atoms with E-state index in [1.54, 1.807) is 12.3 Å². The van der Waals surface area contributed by atoms with E-state index in [1.165, 1.54) is 10.2 Å². The Balaban J connectivity index is 1.69. The SMILES string of the molecule is FC(F)Cn1ccc(CNCCc2ccccc2)n1. The van der Waals surface area contributed by atoms with Gasteiger partial charge in [-0.15, -0.1) is 0 Å². The first-order valence-electron chi connectivity index (χ1n) is 6.29. The zero-order chi connectivity index (χ0) is 13.5. The highest BCUT2D eigenvalue weighted by molar-refractivity contribution is 5.14. The smallest absolute Gasteiger partial charge is 0.257 e. The van der Waals surface area contributed by atoms with E-state index in [2.05, 4.69) is 22.5 Å². The van der Waals surface area contributed by atoms with Crippen LogP contribution in [0.5, 0.6) is 0 Å². The zero-order valence-corrected chi connectivity index (χ0v) is 10.6. The molecular formula is C14H17F2N3. The Hall–Kier alpha value is -1.75. The lowest BCUT2D eigenvalue weighted by molar-refractivity contribution is 0.121. The van der Waals surface area contributed by atoms with Crippen LogP contribution in [-0.2, 0) is 19.5 Å². The summed E-state index contributed by atoms with van der Waals surface area (Å²) in [5, 5.41) is 7.32. The molecule has 0 saturated carbocycles. The number of hydrogen-bond donors (Lipinski definition) is 1. The second kappa shape index (κ2) is 6.99. The minimum absolute atomic E-state index is 0.343. The molecule has 0 amide bonds. The molecule has 1 aromatic carbocycles. The van der Waals surface area contributed by atoms with Crippen LogP contribution in [0, 0.1) is 0 Å². The first-order chi connectivity index (χ1) is 9.24. The maximum absolute atomic E-state index is 12.1. The van der Waals surface area contributed by atoms with Crippen molar-refractivity contribution < 1.29 is 8.78 Å². The van der Waals surface area contributed by atoms with Crippen LogP contribution in [0.3, 0.4) is 0 Å². The topological polar surface area (TPSA) is 29.9 Å². The van der Waals surface area contributed by atoms with Crippen molar-refractivity contribution in [1.82, 2.24) is 15.1 Å². The standard InChI is InChI=1S/C14H17F2N3/c15-14(16)11-19-9-7-13(18-19)10-17-8-6-12-4-2-1-3-5-12/h1-5,7,9,14,17H,6,8,10-11H2. The Morgan fingerprint density at radius 1 is 1.16 bits per heavy atom. The van der Waals surface area contributed by atoms with Gasteiger partial charge in [-0.05, 0) is 24.6 Å². The van der Waals surface area contributed by atoms with Crippen molar-refractivity contribution in [3.8, 4) is 0 Å². The first kappa shape index (κ1) is 13.7. The summed E-state index contributed by atoms with van der Waals surface area (Å²) >= 11 is 0. The second-order valence-electron chi connectivity index (χ2n) is 4.33.